The number of hydrogen-bond donors (Lipinski definition) is 2. The maximum absolute atomic E-state index is 11.6. The Morgan fingerprint density at radius 3 is 2.38 bits per heavy atom. The van der Waals surface area contributed by atoms with Crippen LogP contribution in [0.3, 0.4) is 0 Å². The molecular weight excluding hydrogens is 370 g/mol. The molecule has 26 heavy (non-hydrogen) atoms. The zero-order valence-electron chi connectivity index (χ0n) is 14.2. The van der Waals surface area contributed by atoms with Gasteiger partial charge in [-0.15, -0.1) is 0 Å². The Balaban J connectivity index is 4.48. The molecule has 0 saturated heterocycles. The standard InChI is InChI=1S/C15H21NO9S/c1-4-6-11(5-2)9-25-15(20)16-12(14(18)19)10-24-13(17)7-8-26(21,22)23-3/h4-6,12H,1-2,7-10H2,3H3,(H,16,20)(H,18,19)/b11-6+. The molecule has 0 fully saturated rings. The normalized spacial score (nSPS) is 12.6. The molecule has 0 aliphatic rings. The van der Waals surface area contributed by atoms with Gasteiger partial charge < -0.3 is 19.9 Å². The minimum absolute atomic E-state index is 0.164. The number of nitrogens with one attached hydrogen (secondary N) is 1. The number of alkyl carbamates (subject to hydrolysis) is 1. The molecule has 0 bridgehead atoms. The Morgan fingerprint density at radius 1 is 1.23 bits per heavy atom. The second kappa shape index (κ2) is 11.8. The number of esters is 1. The van der Waals surface area contributed by atoms with Gasteiger partial charge in [-0.25, -0.2) is 9.59 Å². The fourth-order valence-electron chi connectivity index (χ4n) is 1.37. The first-order valence-corrected chi connectivity index (χ1v) is 8.77. The maximum atomic E-state index is 11.6. The highest BCUT2D eigenvalue weighted by Gasteiger charge is 2.23. The van der Waals surface area contributed by atoms with E-state index in [2.05, 4.69) is 22.1 Å². The lowest BCUT2D eigenvalue weighted by Gasteiger charge is -2.15. The molecule has 0 aromatic carbocycles. The van der Waals surface area contributed by atoms with Crippen molar-refractivity contribution in [2.45, 2.75) is 12.5 Å². The van der Waals surface area contributed by atoms with Crippen molar-refractivity contribution in [2.24, 2.45) is 0 Å². The van der Waals surface area contributed by atoms with Gasteiger partial charge in [0, 0.05) is 0 Å². The van der Waals surface area contributed by atoms with E-state index in [4.69, 9.17) is 9.84 Å². The smallest absolute Gasteiger partial charge is 0.408 e. The lowest BCUT2D eigenvalue weighted by atomic mass is 10.2. The quantitative estimate of drug-likeness (QED) is 0.274. The van der Waals surface area contributed by atoms with Crippen molar-refractivity contribution >= 4 is 28.1 Å². The fourth-order valence-corrected chi connectivity index (χ4v) is 1.96. The van der Waals surface area contributed by atoms with Crippen molar-refractivity contribution in [3.63, 3.8) is 0 Å². The summed E-state index contributed by atoms with van der Waals surface area (Å²) in [4.78, 5) is 34.1. The van der Waals surface area contributed by atoms with Crippen LogP contribution in [-0.2, 0) is 33.4 Å². The Hall–Kier alpha value is -2.66. The van der Waals surface area contributed by atoms with Gasteiger partial charge in [0.05, 0.1) is 19.3 Å². The van der Waals surface area contributed by atoms with Crippen LogP contribution in [0.2, 0.25) is 0 Å². The molecule has 146 valence electrons. The predicted octanol–water partition coefficient (Wildman–Crippen LogP) is 0.374. The monoisotopic (exact) mass is 391 g/mol. The average Bonchev–Trinajstić information content (AvgIpc) is 2.60. The molecule has 0 radical (unpaired) electrons. The van der Waals surface area contributed by atoms with E-state index in [1.165, 1.54) is 12.2 Å². The van der Waals surface area contributed by atoms with Crippen LogP contribution in [-0.4, -0.2) is 63.7 Å². The molecule has 0 spiro atoms. The number of carboxylic acids is 1. The third-order valence-electron chi connectivity index (χ3n) is 2.78. The number of carboxylic acid groups (broad SMARTS) is 1. The molecule has 0 rings (SSSR count). The van der Waals surface area contributed by atoms with Gasteiger partial charge in [0.2, 0.25) is 0 Å². The number of rotatable bonds is 12. The number of allylic oxidation sites excluding steroid dienone is 2. The molecule has 0 saturated carbocycles. The number of carbonyl (C=O) groups excluding carboxylic acids is 2. The summed E-state index contributed by atoms with van der Waals surface area (Å²) in [5.41, 5.74) is 0.535. The van der Waals surface area contributed by atoms with Crippen LogP contribution >= 0.6 is 0 Å². The molecule has 2 N–H and O–H groups in total. The van der Waals surface area contributed by atoms with Crippen LogP contribution in [0.4, 0.5) is 4.79 Å². The Bertz CT molecular complexity index is 667. The molecule has 0 aliphatic heterocycles. The summed E-state index contributed by atoms with van der Waals surface area (Å²) in [6.07, 6.45) is 2.86. The third-order valence-corrected chi connectivity index (χ3v) is 3.99. The van der Waals surface area contributed by atoms with Gasteiger partial charge in [0.25, 0.3) is 10.1 Å². The lowest BCUT2D eigenvalue weighted by Crippen LogP contribution is -2.44. The molecule has 10 nitrogen and oxygen atoms in total. The lowest BCUT2D eigenvalue weighted by molar-refractivity contribution is -0.148. The summed E-state index contributed by atoms with van der Waals surface area (Å²) >= 11 is 0. The van der Waals surface area contributed by atoms with Gasteiger partial charge in [-0.3, -0.25) is 8.98 Å². The molecule has 1 amide bonds. The molecule has 0 aromatic rings. The molecule has 0 aromatic heterocycles. The minimum atomic E-state index is -3.84. The van der Waals surface area contributed by atoms with Crippen LogP contribution in [0.5, 0.6) is 0 Å². The Labute approximate surface area is 151 Å². The zero-order valence-corrected chi connectivity index (χ0v) is 15.0. The second-order valence-corrected chi connectivity index (χ2v) is 6.51. The van der Waals surface area contributed by atoms with Crippen molar-refractivity contribution in [3.05, 3.63) is 37.0 Å². The topological polar surface area (TPSA) is 145 Å². The van der Waals surface area contributed by atoms with Gasteiger partial charge >= 0.3 is 18.0 Å². The maximum Gasteiger partial charge on any atom is 0.408 e. The van der Waals surface area contributed by atoms with Gasteiger partial charge in [0.1, 0.15) is 13.2 Å². The van der Waals surface area contributed by atoms with Gasteiger partial charge in [0.15, 0.2) is 6.04 Å². The molecule has 0 aliphatic carbocycles. The van der Waals surface area contributed by atoms with E-state index in [9.17, 15) is 22.8 Å². The van der Waals surface area contributed by atoms with Crippen LogP contribution in [0.1, 0.15) is 6.42 Å². The summed E-state index contributed by atoms with van der Waals surface area (Å²) < 4.78 is 35.8. The van der Waals surface area contributed by atoms with Crippen molar-refractivity contribution < 1.29 is 41.6 Å². The number of ether oxygens (including phenoxy) is 2. The fraction of sp³-hybridized carbons (Fsp3) is 0.400. The second-order valence-electron chi connectivity index (χ2n) is 4.65. The van der Waals surface area contributed by atoms with Crippen molar-refractivity contribution in [3.8, 4) is 0 Å². The average molecular weight is 391 g/mol. The van der Waals surface area contributed by atoms with E-state index in [1.807, 2.05) is 5.32 Å². The van der Waals surface area contributed by atoms with Gasteiger partial charge in [-0.1, -0.05) is 31.4 Å². The number of aliphatic carboxylic acids is 1. The Kier molecular flexibility index (Phi) is 10.6. The Morgan fingerprint density at radius 2 is 1.88 bits per heavy atom. The van der Waals surface area contributed by atoms with Crippen LogP contribution in [0.15, 0.2) is 37.0 Å². The summed E-state index contributed by atoms with van der Waals surface area (Å²) in [6.45, 7) is 6.11. The van der Waals surface area contributed by atoms with Crippen LogP contribution in [0.25, 0.3) is 0 Å². The van der Waals surface area contributed by atoms with E-state index in [1.54, 1.807) is 6.08 Å². The van der Waals surface area contributed by atoms with Gasteiger partial charge in [-0.05, 0) is 5.57 Å². The van der Waals surface area contributed by atoms with E-state index in [0.717, 1.165) is 7.11 Å². The zero-order chi connectivity index (χ0) is 20.2. The van der Waals surface area contributed by atoms with E-state index in [0.29, 0.717) is 5.57 Å². The number of hydrogen-bond acceptors (Lipinski definition) is 8. The highest BCUT2D eigenvalue weighted by molar-refractivity contribution is 7.86. The van der Waals surface area contributed by atoms with E-state index in [-0.39, 0.29) is 6.61 Å². The van der Waals surface area contributed by atoms with E-state index < -0.39 is 53.0 Å². The van der Waals surface area contributed by atoms with Crippen LogP contribution < -0.4 is 5.32 Å². The van der Waals surface area contributed by atoms with Crippen LogP contribution in [0, 0.1) is 0 Å². The number of amides is 1. The minimum Gasteiger partial charge on any atom is -0.480 e. The first kappa shape index (κ1) is 23.3. The van der Waals surface area contributed by atoms with Crippen molar-refractivity contribution in [1.82, 2.24) is 5.32 Å². The SMILES string of the molecule is C=C/C=C(\C=C)COC(=O)NC(COC(=O)CCS(=O)(=O)OC)C(=O)O. The molecule has 11 heteroatoms. The summed E-state index contributed by atoms with van der Waals surface area (Å²) in [6, 6.07) is -1.57. The largest absolute Gasteiger partial charge is 0.480 e. The summed E-state index contributed by atoms with van der Waals surface area (Å²) in [5, 5.41) is 11.0. The molecule has 0 heterocycles. The first-order valence-electron chi connectivity index (χ1n) is 7.19. The summed E-state index contributed by atoms with van der Waals surface area (Å²) in [7, 11) is -2.90. The van der Waals surface area contributed by atoms with Crippen molar-refractivity contribution in [2.75, 3.05) is 26.1 Å². The van der Waals surface area contributed by atoms with E-state index >= 15 is 0 Å². The number of carbonyl (C=O) groups is 3. The molecule has 1 unspecified atom stereocenters. The van der Waals surface area contributed by atoms with Gasteiger partial charge in [-0.2, -0.15) is 8.42 Å². The highest BCUT2D eigenvalue weighted by Crippen LogP contribution is 2.00. The first-order chi connectivity index (χ1) is 12.1. The summed E-state index contributed by atoms with van der Waals surface area (Å²) in [5.74, 6) is -3.05. The molecular formula is C15H21NO9S. The molecule has 1 atom stereocenters. The predicted molar refractivity (Wildman–Crippen MR) is 90.8 cm³/mol. The highest BCUT2D eigenvalue weighted by atomic mass is 32.2. The van der Waals surface area contributed by atoms with Crippen molar-refractivity contribution in [1.29, 1.82) is 0 Å². The third kappa shape index (κ3) is 10.3.